The van der Waals surface area contributed by atoms with E-state index < -0.39 is 23.8 Å². The van der Waals surface area contributed by atoms with Crippen molar-refractivity contribution in [2.24, 2.45) is 0 Å². The van der Waals surface area contributed by atoms with Crippen LogP contribution in [0.15, 0.2) is 71.3 Å². The standard InChI is InChI=1S/C21H18FNO5/c1-26-17-10-4-14(5-11-17)13-23-20(24)19(15-6-8-16(22)9-7-15)28-21(25)18-3-2-12-27-18/h2-12,19H,13H2,1H3,(H,23,24)/t19-/m1/s1. The molecular weight excluding hydrogens is 365 g/mol. The normalized spacial score (nSPS) is 11.5. The Morgan fingerprint density at radius 1 is 1.07 bits per heavy atom. The van der Waals surface area contributed by atoms with Crippen LogP contribution < -0.4 is 10.1 Å². The van der Waals surface area contributed by atoms with Crippen LogP contribution >= 0.6 is 0 Å². The summed E-state index contributed by atoms with van der Waals surface area (Å²) in [4.78, 5) is 24.9. The molecule has 28 heavy (non-hydrogen) atoms. The first-order valence-electron chi connectivity index (χ1n) is 8.47. The number of esters is 1. The van der Waals surface area contributed by atoms with Crippen LogP contribution in [-0.4, -0.2) is 19.0 Å². The maximum Gasteiger partial charge on any atom is 0.375 e. The van der Waals surface area contributed by atoms with Gasteiger partial charge in [-0.15, -0.1) is 0 Å². The number of carbonyl (C=O) groups is 2. The summed E-state index contributed by atoms with van der Waals surface area (Å²) in [5, 5.41) is 2.72. The van der Waals surface area contributed by atoms with E-state index in [1.54, 1.807) is 31.4 Å². The smallest absolute Gasteiger partial charge is 0.375 e. The van der Waals surface area contributed by atoms with Gasteiger partial charge >= 0.3 is 5.97 Å². The molecule has 0 aliphatic rings. The fraction of sp³-hybridized carbons (Fsp3) is 0.143. The molecule has 1 atom stereocenters. The van der Waals surface area contributed by atoms with Crippen molar-refractivity contribution >= 4 is 11.9 Å². The number of hydrogen-bond donors (Lipinski definition) is 1. The van der Waals surface area contributed by atoms with E-state index in [1.807, 2.05) is 0 Å². The van der Waals surface area contributed by atoms with Crippen molar-refractivity contribution in [3.8, 4) is 5.75 Å². The highest BCUT2D eigenvalue weighted by atomic mass is 19.1. The van der Waals surface area contributed by atoms with Crippen molar-refractivity contribution < 1.29 is 27.9 Å². The molecule has 6 nitrogen and oxygen atoms in total. The van der Waals surface area contributed by atoms with E-state index in [1.165, 1.54) is 42.7 Å². The fourth-order valence-electron chi connectivity index (χ4n) is 2.50. The lowest BCUT2D eigenvalue weighted by Crippen LogP contribution is -2.31. The number of carbonyl (C=O) groups excluding carboxylic acids is 2. The highest BCUT2D eigenvalue weighted by molar-refractivity contribution is 5.90. The van der Waals surface area contributed by atoms with Gasteiger partial charge in [0.25, 0.3) is 5.91 Å². The summed E-state index contributed by atoms with van der Waals surface area (Å²) in [6.45, 7) is 0.221. The van der Waals surface area contributed by atoms with Gasteiger partial charge in [0, 0.05) is 12.1 Å². The lowest BCUT2D eigenvalue weighted by Gasteiger charge is -2.17. The van der Waals surface area contributed by atoms with Gasteiger partial charge in [-0.2, -0.15) is 0 Å². The second kappa shape index (κ2) is 8.85. The van der Waals surface area contributed by atoms with Gasteiger partial charge in [-0.25, -0.2) is 9.18 Å². The summed E-state index contributed by atoms with van der Waals surface area (Å²) in [6, 6.07) is 15.3. The molecule has 144 valence electrons. The van der Waals surface area contributed by atoms with E-state index in [9.17, 15) is 14.0 Å². The molecule has 3 aromatic rings. The quantitative estimate of drug-likeness (QED) is 0.630. The molecule has 1 aromatic heterocycles. The third kappa shape index (κ3) is 4.76. The Morgan fingerprint density at radius 2 is 1.79 bits per heavy atom. The number of amides is 1. The molecule has 1 N–H and O–H groups in total. The third-order valence-electron chi connectivity index (χ3n) is 3.98. The van der Waals surface area contributed by atoms with Crippen molar-refractivity contribution in [3.63, 3.8) is 0 Å². The molecule has 0 saturated heterocycles. The highest BCUT2D eigenvalue weighted by Crippen LogP contribution is 2.21. The largest absolute Gasteiger partial charge is 0.497 e. The van der Waals surface area contributed by atoms with Gasteiger partial charge in [-0.3, -0.25) is 4.79 Å². The molecule has 0 bridgehead atoms. The number of halogens is 1. The van der Waals surface area contributed by atoms with E-state index in [2.05, 4.69) is 5.32 Å². The van der Waals surface area contributed by atoms with Gasteiger partial charge in [0.2, 0.25) is 11.9 Å². The van der Waals surface area contributed by atoms with Gasteiger partial charge in [-0.1, -0.05) is 24.3 Å². The minimum Gasteiger partial charge on any atom is -0.497 e. The summed E-state index contributed by atoms with van der Waals surface area (Å²) in [5.74, 6) is -1.12. The van der Waals surface area contributed by atoms with E-state index in [0.717, 1.165) is 5.56 Å². The van der Waals surface area contributed by atoms with Crippen LogP contribution in [0.2, 0.25) is 0 Å². The molecule has 0 aliphatic carbocycles. The Kier molecular flexibility index (Phi) is 6.06. The van der Waals surface area contributed by atoms with Crippen molar-refractivity contribution in [1.29, 1.82) is 0 Å². The molecule has 3 rings (SSSR count). The molecule has 1 amide bonds. The second-order valence-electron chi connectivity index (χ2n) is 5.88. The van der Waals surface area contributed by atoms with Gasteiger partial charge in [0.05, 0.1) is 13.4 Å². The number of methoxy groups -OCH3 is 1. The summed E-state index contributed by atoms with van der Waals surface area (Å²) in [7, 11) is 1.57. The Bertz CT molecular complexity index is 920. The molecule has 7 heteroatoms. The predicted molar refractivity (Wildman–Crippen MR) is 98.1 cm³/mol. The first-order chi connectivity index (χ1) is 13.6. The zero-order valence-electron chi connectivity index (χ0n) is 15.1. The van der Waals surface area contributed by atoms with Crippen LogP contribution in [-0.2, 0) is 16.1 Å². The Hall–Kier alpha value is -3.61. The Balaban J connectivity index is 1.73. The van der Waals surface area contributed by atoms with Crippen molar-refractivity contribution in [2.75, 3.05) is 7.11 Å². The molecule has 2 aromatic carbocycles. The number of furan rings is 1. The summed E-state index contributed by atoms with van der Waals surface area (Å²) in [5.41, 5.74) is 1.18. The average molecular weight is 383 g/mol. The van der Waals surface area contributed by atoms with E-state index in [-0.39, 0.29) is 12.3 Å². The van der Waals surface area contributed by atoms with E-state index >= 15 is 0 Å². The summed E-state index contributed by atoms with van der Waals surface area (Å²) in [6.07, 6.45) is 0.0733. The van der Waals surface area contributed by atoms with Gasteiger partial charge in [0.15, 0.2) is 0 Å². The summed E-state index contributed by atoms with van der Waals surface area (Å²) >= 11 is 0. The zero-order chi connectivity index (χ0) is 19.9. The Morgan fingerprint density at radius 3 is 2.39 bits per heavy atom. The minimum atomic E-state index is -1.25. The minimum absolute atomic E-state index is 0.0323. The van der Waals surface area contributed by atoms with Crippen LogP contribution in [0.25, 0.3) is 0 Å². The number of hydrogen-bond acceptors (Lipinski definition) is 5. The van der Waals surface area contributed by atoms with Gasteiger partial charge in [0.1, 0.15) is 11.6 Å². The number of nitrogens with one attached hydrogen (secondary N) is 1. The van der Waals surface area contributed by atoms with Crippen LogP contribution in [0.5, 0.6) is 5.75 Å². The SMILES string of the molecule is COc1ccc(CNC(=O)[C@H](OC(=O)c2ccco2)c2ccc(F)cc2)cc1. The topological polar surface area (TPSA) is 77.8 Å². The fourth-order valence-corrected chi connectivity index (χ4v) is 2.50. The predicted octanol–water partition coefficient (Wildman–Crippen LogP) is 3.64. The first-order valence-corrected chi connectivity index (χ1v) is 8.47. The molecule has 1 heterocycles. The molecule has 0 unspecified atom stereocenters. The van der Waals surface area contributed by atoms with E-state index in [4.69, 9.17) is 13.9 Å². The molecule has 0 spiro atoms. The van der Waals surface area contributed by atoms with Gasteiger partial charge < -0.3 is 19.2 Å². The van der Waals surface area contributed by atoms with Crippen molar-refractivity contribution in [3.05, 3.63) is 89.6 Å². The molecule has 0 fully saturated rings. The molecule has 0 aliphatic heterocycles. The number of benzene rings is 2. The van der Waals surface area contributed by atoms with E-state index in [0.29, 0.717) is 11.3 Å². The van der Waals surface area contributed by atoms with Crippen LogP contribution in [0.1, 0.15) is 27.8 Å². The third-order valence-corrected chi connectivity index (χ3v) is 3.98. The second-order valence-corrected chi connectivity index (χ2v) is 5.88. The number of ether oxygens (including phenoxy) is 2. The van der Waals surface area contributed by atoms with Crippen LogP contribution in [0.4, 0.5) is 4.39 Å². The average Bonchev–Trinajstić information content (AvgIpc) is 3.26. The zero-order valence-corrected chi connectivity index (χ0v) is 15.1. The maximum absolute atomic E-state index is 13.2. The lowest BCUT2D eigenvalue weighted by molar-refractivity contribution is -0.130. The van der Waals surface area contributed by atoms with Gasteiger partial charge in [-0.05, 0) is 42.0 Å². The number of rotatable bonds is 7. The van der Waals surface area contributed by atoms with Crippen LogP contribution in [0.3, 0.4) is 0 Å². The molecular formula is C21H18FNO5. The van der Waals surface area contributed by atoms with Crippen molar-refractivity contribution in [1.82, 2.24) is 5.32 Å². The monoisotopic (exact) mass is 383 g/mol. The molecule has 0 saturated carbocycles. The summed E-state index contributed by atoms with van der Waals surface area (Å²) < 4.78 is 28.7. The Labute approximate surface area is 160 Å². The highest BCUT2D eigenvalue weighted by Gasteiger charge is 2.26. The van der Waals surface area contributed by atoms with Crippen LogP contribution in [0, 0.1) is 5.82 Å². The maximum atomic E-state index is 13.2. The molecule has 0 radical (unpaired) electrons. The lowest BCUT2D eigenvalue weighted by atomic mass is 10.1. The first kappa shape index (κ1) is 19.2. The van der Waals surface area contributed by atoms with Crippen molar-refractivity contribution in [2.45, 2.75) is 12.6 Å².